The van der Waals surface area contributed by atoms with Crippen LogP contribution in [0.5, 0.6) is 0 Å². The highest BCUT2D eigenvalue weighted by molar-refractivity contribution is 14.1. The van der Waals surface area contributed by atoms with Crippen molar-refractivity contribution in [3.8, 4) is 0 Å². The van der Waals surface area contributed by atoms with Crippen LogP contribution in [0.15, 0.2) is 40.9 Å². The van der Waals surface area contributed by atoms with Gasteiger partial charge in [-0.3, -0.25) is 0 Å². The van der Waals surface area contributed by atoms with Crippen molar-refractivity contribution in [1.29, 1.82) is 0 Å². The maximum absolute atomic E-state index is 13.1. The van der Waals surface area contributed by atoms with Crippen molar-refractivity contribution in [1.82, 2.24) is 0 Å². The Balaban J connectivity index is 1.89. The van der Waals surface area contributed by atoms with Gasteiger partial charge in [0.05, 0.1) is 6.04 Å². The maximum atomic E-state index is 13.1. The van der Waals surface area contributed by atoms with Crippen LogP contribution in [0.2, 0.25) is 0 Å². The second-order valence-electron chi connectivity index (χ2n) is 4.67. The number of anilines is 1. The molecule has 0 amide bonds. The van der Waals surface area contributed by atoms with Gasteiger partial charge in [-0.25, -0.2) is 4.39 Å². The monoisotopic (exact) mass is 431 g/mol. The molecule has 2 aromatic rings. The number of halogens is 3. The van der Waals surface area contributed by atoms with Gasteiger partial charge in [0.25, 0.3) is 0 Å². The molecule has 0 aromatic heterocycles. The lowest BCUT2D eigenvalue weighted by Crippen LogP contribution is -2.08. The molecule has 0 heterocycles. The highest BCUT2D eigenvalue weighted by Crippen LogP contribution is 2.38. The van der Waals surface area contributed by atoms with E-state index in [1.54, 1.807) is 6.07 Å². The maximum Gasteiger partial charge on any atom is 0.124 e. The molecule has 1 nitrogen and oxygen atoms in total. The topological polar surface area (TPSA) is 12.0 Å². The summed E-state index contributed by atoms with van der Waals surface area (Å²) >= 11 is 5.77. The van der Waals surface area contributed by atoms with Crippen LogP contribution in [0.1, 0.15) is 23.6 Å². The number of hydrogen-bond donors (Lipinski definition) is 1. The third kappa shape index (κ3) is 2.65. The largest absolute Gasteiger partial charge is 0.377 e. The molecule has 0 saturated carbocycles. The van der Waals surface area contributed by atoms with E-state index in [2.05, 4.69) is 62.0 Å². The standard InChI is InChI=1S/C15H12BrFIN/c16-12-3-1-2-11-10(12)5-7-14(11)19-15-6-4-9(17)8-13(15)18/h1-4,6,8,14,19H,5,7H2. The number of benzene rings is 2. The Morgan fingerprint density at radius 3 is 2.89 bits per heavy atom. The Labute approximate surface area is 133 Å². The van der Waals surface area contributed by atoms with Crippen molar-refractivity contribution >= 4 is 44.2 Å². The van der Waals surface area contributed by atoms with Gasteiger partial charge in [-0.15, -0.1) is 0 Å². The summed E-state index contributed by atoms with van der Waals surface area (Å²) in [6.07, 6.45) is 2.15. The van der Waals surface area contributed by atoms with Gasteiger partial charge in [0, 0.05) is 13.7 Å². The van der Waals surface area contributed by atoms with Crippen LogP contribution >= 0.6 is 38.5 Å². The zero-order valence-electron chi connectivity index (χ0n) is 10.1. The summed E-state index contributed by atoms with van der Waals surface area (Å²) in [5, 5.41) is 3.52. The van der Waals surface area contributed by atoms with Gasteiger partial charge in [-0.2, -0.15) is 0 Å². The second-order valence-corrected chi connectivity index (χ2v) is 6.68. The molecule has 1 unspecified atom stereocenters. The van der Waals surface area contributed by atoms with Crippen LogP contribution in [-0.2, 0) is 6.42 Å². The molecular weight excluding hydrogens is 420 g/mol. The first-order chi connectivity index (χ1) is 9.15. The Hall–Kier alpha value is -0.620. The normalized spacial score (nSPS) is 17.3. The molecule has 0 aliphatic heterocycles. The van der Waals surface area contributed by atoms with Crippen LogP contribution < -0.4 is 5.32 Å². The van der Waals surface area contributed by atoms with Crippen molar-refractivity contribution in [3.05, 3.63) is 61.4 Å². The fraction of sp³-hybridized carbons (Fsp3) is 0.200. The van der Waals surface area contributed by atoms with Gasteiger partial charge >= 0.3 is 0 Å². The first-order valence-corrected chi connectivity index (χ1v) is 8.01. The predicted molar refractivity (Wildman–Crippen MR) is 87.9 cm³/mol. The lowest BCUT2D eigenvalue weighted by molar-refractivity contribution is 0.626. The molecule has 0 saturated heterocycles. The molecule has 0 bridgehead atoms. The minimum atomic E-state index is -0.190. The van der Waals surface area contributed by atoms with Crippen molar-refractivity contribution in [2.75, 3.05) is 5.32 Å². The number of nitrogens with one attached hydrogen (secondary N) is 1. The predicted octanol–water partition coefficient (Wildman–Crippen LogP) is 5.29. The van der Waals surface area contributed by atoms with Crippen molar-refractivity contribution < 1.29 is 4.39 Å². The summed E-state index contributed by atoms with van der Waals surface area (Å²) in [4.78, 5) is 0. The molecule has 1 aliphatic rings. The summed E-state index contributed by atoms with van der Waals surface area (Å²) < 4.78 is 15.2. The van der Waals surface area contributed by atoms with E-state index in [9.17, 15) is 4.39 Å². The number of rotatable bonds is 2. The molecule has 4 heteroatoms. The Morgan fingerprint density at radius 1 is 1.26 bits per heavy atom. The Bertz CT molecular complexity index is 630. The zero-order chi connectivity index (χ0) is 13.4. The van der Waals surface area contributed by atoms with E-state index in [4.69, 9.17) is 0 Å². The fourth-order valence-electron chi connectivity index (χ4n) is 2.55. The first kappa shape index (κ1) is 13.4. The molecule has 3 rings (SSSR count). The molecular formula is C15H12BrFIN. The fourth-order valence-corrected chi connectivity index (χ4v) is 3.77. The van der Waals surface area contributed by atoms with Crippen molar-refractivity contribution in [3.63, 3.8) is 0 Å². The molecule has 19 heavy (non-hydrogen) atoms. The first-order valence-electron chi connectivity index (χ1n) is 6.14. The highest BCUT2D eigenvalue weighted by atomic mass is 127. The van der Waals surface area contributed by atoms with Gasteiger partial charge in [-0.05, 0) is 70.8 Å². The van der Waals surface area contributed by atoms with Crippen LogP contribution in [0.4, 0.5) is 10.1 Å². The third-order valence-corrected chi connectivity index (χ3v) is 5.11. The van der Waals surface area contributed by atoms with Crippen LogP contribution in [0, 0.1) is 9.39 Å². The summed E-state index contributed by atoms with van der Waals surface area (Å²) in [5.74, 6) is -0.190. The molecule has 0 fully saturated rings. The second kappa shape index (κ2) is 5.40. The molecule has 0 radical (unpaired) electrons. The quantitative estimate of drug-likeness (QED) is 0.637. The van der Waals surface area contributed by atoms with Crippen molar-refractivity contribution in [2.24, 2.45) is 0 Å². The molecule has 98 valence electrons. The molecule has 0 spiro atoms. The van der Waals surface area contributed by atoms with E-state index in [1.807, 2.05) is 6.07 Å². The van der Waals surface area contributed by atoms with Crippen LogP contribution in [0.3, 0.4) is 0 Å². The van der Waals surface area contributed by atoms with Gasteiger partial charge in [-0.1, -0.05) is 28.1 Å². The van der Waals surface area contributed by atoms with Gasteiger partial charge in [0.2, 0.25) is 0 Å². The van der Waals surface area contributed by atoms with E-state index in [1.165, 1.54) is 21.7 Å². The van der Waals surface area contributed by atoms with Gasteiger partial charge < -0.3 is 5.32 Å². The van der Waals surface area contributed by atoms with Crippen LogP contribution in [0.25, 0.3) is 0 Å². The summed E-state index contributed by atoms with van der Waals surface area (Å²) in [7, 11) is 0. The van der Waals surface area contributed by atoms with Crippen molar-refractivity contribution in [2.45, 2.75) is 18.9 Å². The average Bonchev–Trinajstić information content (AvgIpc) is 2.78. The third-order valence-electron chi connectivity index (χ3n) is 3.47. The SMILES string of the molecule is Fc1ccc(NC2CCc3c(Br)cccc32)c(I)c1. The summed E-state index contributed by atoms with van der Waals surface area (Å²) in [6.45, 7) is 0. The van der Waals surface area contributed by atoms with E-state index < -0.39 is 0 Å². The molecule has 1 aliphatic carbocycles. The number of hydrogen-bond acceptors (Lipinski definition) is 1. The summed E-state index contributed by atoms with van der Waals surface area (Å²) in [5.41, 5.74) is 3.73. The van der Waals surface area contributed by atoms with E-state index in [0.717, 1.165) is 22.1 Å². The van der Waals surface area contributed by atoms with E-state index in [-0.39, 0.29) is 5.82 Å². The van der Waals surface area contributed by atoms with Gasteiger partial charge in [0.15, 0.2) is 0 Å². The minimum absolute atomic E-state index is 0.190. The lowest BCUT2D eigenvalue weighted by Gasteiger charge is -2.17. The molecule has 1 atom stereocenters. The smallest absolute Gasteiger partial charge is 0.124 e. The lowest BCUT2D eigenvalue weighted by atomic mass is 10.1. The van der Waals surface area contributed by atoms with Gasteiger partial charge in [0.1, 0.15) is 5.82 Å². The molecule has 2 aromatic carbocycles. The Morgan fingerprint density at radius 2 is 2.11 bits per heavy atom. The van der Waals surface area contributed by atoms with E-state index in [0.29, 0.717) is 6.04 Å². The molecule has 1 N–H and O–H groups in total. The summed E-state index contributed by atoms with van der Waals surface area (Å²) in [6, 6.07) is 11.5. The minimum Gasteiger partial charge on any atom is -0.377 e. The van der Waals surface area contributed by atoms with E-state index >= 15 is 0 Å². The number of fused-ring (bicyclic) bond motifs is 1. The highest BCUT2D eigenvalue weighted by Gasteiger charge is 2.24. The Kier molecular flexibility index (Phi) is 3.80. The zero-order valence-corrected chi connectivity index (χ0v) is 13.8. The average molecular weight is 432 g/mol. The van der Waals surface area contributed by atoms with Crippen LogP contribution in [-0.4, -0.2) is 0 Å².